The molecule has 2 aromatic heterocycles. The van der Waals surface area contributed by atoms with Gasteiger partial charge >= 0.3 is 0 Å². The molecule has 2 heterocycles. The van der Waals surface area contributed by atoms with E-state index in [9.17, 15) is 4.79 Å². The molecule has 6 nitrogen and oxygen atoms in total. The molecule has 8 heteroatoms. The minimum atomic E-state index is -0.123. The van der Waals surface area contributed by atoms with Gasteiger partial charge < -0.3 is 10.6 Å². The van der Waals surface area contributed by atoms with E-state index in [1.807, 2.05) is 72.8 Å². The first kappa shape index (κ1) is 21.0. The summed E-state index contributed by atoms with van der Waals surface area (Å²) >= 11 is 6.37. The lowest BCUT2D eigenvalue weighted by Gasteiger charge is -2.12. The summed E-state index contributed by atoms with van der Waals surface area (Å²) < 4.78 is 1.64. The van der Waals surface area contributed by atoms with Crippen molar-refractivity contribution in [1.82, 2.24) is 19.9 Å². The molecule has 0 fully saturated rings. The van der Waals surface area contributed by atoms with E-state index in [-0.39, 0.29) is 5.91 Å². The quantitative estimate of drug-likeness (QED) is 0.304. The van der Waals surface area contributed by atoms with Gasteiger partial charge in [0, 0.05) is 41.5 Å². The molecule has 3 aromatic carbocycles. The van der Waals surface area contributed by atoms with Crippen LogP contribution in [0.25, 0.3) is 27.7 Å². The first-order valence-electron chi connectivity index (χ1n) is 10.5. The monoisotopic (exact) mass is 451 g/mol. The molecule has 0 aliphatic heterocycles. The van der Waals surface area contributed by atoms with Crippen molar-refractivity contribution < 1.29 is 4.79 Å². The van der Waals surface area contributed by atoms with Gasteiger partial charge in [0.25, 0.3) is 5.91 Å². The number of halogens is 1. The highest BCUT2D eigenvalue weighted by Crippen LogP contribution is 2.28. The van der Waals surface area contributed by atoms with E-state index in [1.165, 1.54) is 0 Å². The molecule has 0 saturated heterocycles. The van der Waals surface area contributed by atoms with Crippen LogP contribution >= 0.6 is 11.6 Å². The Morgan fingerprint density at radius 1 is 0.970 bits per heavy atom. The number of nitrogens with zero attached hydrogens (tertiary/aromatic N) is 3. The molecule has 0 saturated carbocycles. The summed E-state index contributed by atoms with van der Waals surface area (Å²) in [5.74, 6) is 0.578. The summed E-state index contributed by atoms with van der Waals surface area (Å²) in [6.07, 6.45) is 1.56. The van der Waals surface area contributed by atoms with Crippen LogP contribution in [0.5, 0.6) is 0 Å². The van der Waals surface area contributed by atoms with Crippen LogP contribution in [0.3, 0.4) is 0 Å². The zero-order valence-electron chi connectivity index (χ0n) is 17.6. The number of fused-ring (bicyclic) bond motifs is 2. The smallest absolute Gasteiger partial charge is 0.251 e. The molecule has 5 aromatic rings. The van der Waals surface area contributed by atoms with Gasteiger partial charge in [0.1, 0.15) is 13.7 Å². The third-order valence-corrected chi connectivity index (χ3v) is 5.71. The van der Waals surface area contributed by atoms with Crippen molar-refractivity contribution >= 4 is 53.1 Å². The third-order valence-electron chi connectivity index (χ3n) is 5.38. The van der Waals surface area contributed by atoms with Gasteiger partial charge in [0.05, 0.1) is 5.69 Å². The fraction of sp³-hybridized carbons (Fsp3) is 0.0800. The SMILES string of the molecule is [B]c1cnn2c(NCCNC(=O)c3ccc4ccccc4c3)cc(-c3ccccc3Cl)nc12. The van der Waals surface area contributed by atoms with Gasteiger partial charge in [-0.2, -0.15) is 9.61 Å². The van der Waals surface area contributed by atoms with E-state index < -0.39 is 0 Å². The second-order valence-electron chi connectivity index (χ2n) is 7.59. The summed E-state index contributed by atoms with van der Waals surface area (Å²) in [5.41, 5.74) is 3.12. The number of rotatable bonds is 6. The fourth-order valence-corrected chi connectivity index (χ4v) is 3.94. The summed E-state index contributed by atoms with van der Waals surface area (Å²) in [4.78, 5) is 17.2. The van der Waals surface area contributed by atoms with Crippen LogP contribution in [0.1, 0.15) is 10.4 Å². The lowest BCUT2D eigenvalue weighted by molar-refractivity contribution is 0.0955. The number of carbonyl (C=O) groups excluding carboxylic acids is 1. The van der Waals surface area contributed by atoms with Crippen LogP contribution in [-0.4, -0.2) is 41.4 Å². The van der Waals surface area contributed by atoms with Gasteiger partial charge in [-0.25, -0.2) is 4.98 Å². The first-order chi connectivity index (χ1) is 16.1. The Labute approximate surface area is 197 Å². The molecule has 0 unspecified atom stereocenters. The number of benzene rings is 3. The molecule has 0 aliphatic carbocycles. The number of hydrogen-bond donors (Lipinski definition) is 2. The maximum atomic E-state index is 12.6. The summed E-state index contributed by atoms with van der Waals surface area (Å²) in [5, 5.41) is 13.3. The summed E-state index contributed by atoms with van der Waals surface area (Å²) in [6.45, 7) is 0.911. The number of aromatic nitrogens is 3. The fourth-order valence-electron chi connectivity index (χ4n) is 3.71. The topological polar surface area (TPSA) is 71.3 Å². The Balaban J connectivity index is 1.31. The van der Waals surface area contributed by atoms with Gasteiger partial charge in [-0.15, -0.1) is 0 Å². The van der Waals surface area contributed by atoms with Crippen molar-refractivity contribution in [3.63, 3.8) is 0 Å². The molecule has 0 atom stereocenters. The van der Waals surface area contributed by atoms with Crippen LogP contribution in [0.2, 0.25) is 5.02 Å². The predicted octanol–water partition coefficient (Wildman–Crippen LogP) is 3.84. The molecule has 0 bridgehead atoms. The largest absolute Gasteiger partial charge is 0.368 e. The van der Waals surface area contributed by atoms with E-state index >= 15 is 0 Å². The molecular formula is C25H19BClN5O. The molecular weight excluding hydrogens is 433 g/mol. The highest BCUT2D eigenvalue weighted by atomic mass is 35.5. The Morgan fingerprint density at radius 3 is 2.61 bits per heavy atom. The van der Waals surface area contributed by atoms with Gasteiger partial charge in [-0.05, 0) is 34.4 Å². The average molecular weight is 452 g/mol. The highest BCUT2D eigenvalue weighted by Gasteiger charge is 2.12. The minimum Gasteiger partial charge on any atom is -0.368 e. The van der Waals surface area contributed by atoms with Gasteiger partial charge in [0.15, 0.2) is 5.65 Å². The van der Waals surface area contributed by atoms with Crippen LogP contribution in [0.15, 0.2) is 79.0 Å². The summed E-state index contributed by atoms with van der Waals surface area (Å²) in [7, 11) is 6.06. The molecule has 2 radical (unpaired) electrons. The minimum absolute atomic E-state index is 0.123. The van der Waals surface area contributed by atoms with Crippen LogP contribution in [-0.2, 0) is 0 Å². The Kier molecular flexibility index (Phi) is 5.71. The number of carbonyl (C=O) groups is 1. The number of hydrogen-bond acceptors (Lipinski definition) is 4. The van der Waals surface area contributed by atoms with Gasteiger partial charge in [-0.1, -0.05) is 60.1 Å². The molecule has 2 N–H and O–H groups in total. The number of nitrogens with one attached hydrogen (secondary N) is 2. The maximum Gasteiger partial charge on any atom is 0.251 e. The average Bonchev–Trinajstić information content (AvgIpc) is 3.22. The highest BCUT2D eigenvalue weighted by molar-refractivity contribution is 6.36. The zero-order chi connectivity index (χ0) is 22.8. The maximum absolute atomic E-state index is 12.6. The van der Waals surface area contributed by atoms with E-state index in [2.05, 4.69) is 20.7 Å². The molecule has 160 valence electrons. The van der Waals surface area contributed by atoms with E-state index in [0.29, 0.717) is 46.3 Å². The Morgan fingerprint density at radius 2 is 1.76 bits per heavy atom. The van der Waals surface area contributed by atoms with Gasteiger partial charge in [-0.3, -0.25) is 4.79 Å². The van der Waals surface area contributed by atoms with Crippen LogP contribution in [0.4, 0.5) is 5.82 Å². The normalized spacial score (nSPS) is 11.1. The van der Waals surface area contributed by atoms with E-state index in [1.54, 1.807) is 10.7 Å². The molecule has 33 heavy (non-hydrogen) atoms. The second kappa shape index (κ2) is 8.96. The van der Waals surface area contributed by atoms with E-state index in [4.69, 9.17) is 19.4 Å². The Hall–Kier alpha value is -3.84. The van der Waals surface area contributed by atoms with Crippen LogP contribution < -0.4 is 16.1 Å². The van der Waals surface area contributed by atoms with E-state index in [0.717, 1.165) is 16.3 Å². The van der Waals surface area contributed by atoms with Crippen molar-refractivity contribution in [2.24, 2.45) is 0 Å². The molecule has 0 spiro atoms. The molecule has 1 amide bonds. The zero-order valence-corrected chi connectivity index (χ0v) is 18.4. The molecule has 5 rings (SSSR count). The van der Waals surface area contributed by atoms with Crippen molar-refractivity contribution in [2.75, 3.05) is 18.4 Å². The standard InChI is InChI=1S/C25H19BClN5O/c26-20-15-30-32-23(14-22(31-24(20)32)19-7-3-4-8-21(19)27)28-11-12-29-25(33)18-10-9-16-5-1-2-6-17(16)13-18/h1-10,13-15,28H,11-12H2,(H,29,33). The van der Waals surface area contributed by atoms with Crippen molar-refractivity contribution in [3.8, 4) is 11.3 Å². The number of anilines is 1. The Bertz CT molecular complexity index is 1480. The van der Waals surface area contributed by atoms with Crippen LogP contribution in [0, 0.1) is 0 Å². The van der Waals surface area contributed by atoms with Crippen molar-refractivity contribution in [3.05, 3.63) is 89.6 Å². The lowest BCUT2D eigenvalue weighted by atomic mass is 10.0. The number of amides is 1. The van der Waals surface area contributed by atoms with Gasteiger partial charge in [0.2, 0.25) is 0 Å². The summed E-state index contributed by atoms with van der Waals surface area (Å²) in [6, 6.07) is 23.0. The predicted molar refractivity (Wildman–Crippen MR) is 134 cm³/mol. The first-order valence-corrected chi connectivity index (χ1v) is 10.9. The molecule has 0 aliphatic rings. The third kappa shape index (κ3) is 4.27. The second-order valence-corrected chi connectivity index (χ2v) is 7.99. The van der Waals surface area contributed by atoms with Crippen molar-refractivity contribution in [2.45, 2.75) is 0 Å². The van der Waals surface area contributed by atoms with Crippen molar-refractivity contribution in [1.29, 1.82) is 0 Å². The lowest BCUT2D eigenvalue weighted by Crippen LogP contribution is -2.29.